The SMILES string of the molecule is CC(C)/C(=C/C(=[NH2+])C#CC1CC1)c1ncc(C(=O)N2CCN(C(=O)C3(O)CCC3)CC2(C)C)[nH]1. The summed E-state index contributed by atoms with van der Waals surface area (Å²) in [4.78, 5) is 37.3. The van der Waals surface area contributed by atoms with Crippen LogP contribution in [0.5, 0.6) is 0 Å². The smallest absolute Gasteiger partial charge is 0.272 e. The van der Waals surface area contributed by atoms with E-state index in [1.54, 1.807) is 16.0 Å². The van der Waals surface area contributed by atoms with E-state index < -0.39 is 11.1 Å². The quantitative estimate of drug-likeness (QED) is 0.444. The maximum atomic E-state index is 13.4. The van der Waals surface area contributed by atoms with Gasteiger partial charge in [0.05, 0.1) is 11.7 Å². The maximum absolute atomic E-state index is 13.4. The van der Waals surface area contributed by atoms with Crippen LogP contribution in [0.2, 0.25) is 0 Å². The van der Waals surface area contributed by atoms with Crippen LogP contribution in [0.15, 0.2) is 12.3 Å². The Balaban J connectivity index is 1.47. The number of carbonyl (C=O) groups excluding carboxylic acids is 2. The zero-order valence-corrected chi connectivity index (χ0v) is 20.6. The second kappa shape index (κ2) is 9.03. The lowest BCUT2D eigenvalue weighted by Gasteiger charge is -2.49. The minimum absolute atomic E-state index is 0.138. The summed E-state index contributed by atoms with van der Waals surface area (Å²) in [5.74, 6) is 7.03. The first-order valence-electron chi connectivity index (χ1n) is 12.2. The molecular weight excluding hydrogens is 430 g/mol. The Morgan fingerprint density at radius 2 is 2.00 bits per heavy atom. The Morgan fingerprint density at radius 3 is 2.56 bits per heavy atom. The molecule has 1 aliphatic heterocycles. The number of amides is 2. The maximum Gasteiger partial charge on any atom is 0.272 e. The van der Waals surface area contributed by atoms with Crippen molar-refractivity contribution in [3.8, 4) is 11.8 Å². The molecule has 2 aliphatic carbocycles. The van der Waals surface area contributed by atoms with E-state index >= 15 is 0 Å². The van der Waals surface area contributed by atoms with Crippen LogP contribution < -0.4 is 5.41 Å². The third-order valence-corrected chi connectivity index (χ3v) is 7.02. The van der Waals surface area contributed by atoms with E-state index in [-0.39, 0.29) is 17.7 Å². The van der Waals surface area contributed by atoms with Crippen LogP contribution in [0.1, 0.15) is 76.1 Å². The molecule has 0 unspecified atom stereocenters. The van der Waals surface area contributed by atoms with Gasteiger partial charge in [0.1, 0.15) is 17.1 Å². The van der Waals surface area contributed by atoms with Gasteiger partial charge in [0.15, 0.2) is 0 Å². The second-order valence-electron chi connectivity index (χ2n) is 10.8. The molecule has 0 spiro atoms. The number of aliphatic hydroxyl groups is 1. The Morgan fingerprint density at radius 1 is 1.29 bits per heavy atom. The van der Waals surface area contributed by atoms with Gasteiger partial charge in [-0.25, -0.2) is 10.4 Å². The van der Waals surface area contributed by atoms with Gasteiger partial charge in [0.25, 0.3) is 11.8 Å². The molecule has 1 saturated heterocycles. The Labute approximate surface area is 201 Å². The molecule has 3 fully saturated rings. The van der Waals surface area contributed by atoms with Crippen molar-refractivity contribution in [2.45, 2.75) is 70.9 Å². The number of piperazine rings is 1. The Kier molecular flexibility index (Phi) is 6.43. The molecule has 2 amide bonds. The van der Waals surface area contributed by atoms with E-state index in [9.17, 15) is 14.7 Å². The molecule has 0 bridgehead atoms. The number of nitrogens with one attached hydrogen (secondary N) is 1. The van der Waals surface area contributed by atoms with Gasteiger partial charge in [0, 0.05) is 43.1 Å². The molecule has 34 heavy (non-hydrogen) atoms. The minimum atomic E-state index is -1.22. The fourth-order valence-corrected chi connectivity index (χ4v) is 4.57. The van der Waals surface area contributed by atoms with Crippen molar-refractivity contribution in [3.63, 3.8) is 0 Å². The number of hydrogen-bond acceptors (Lipinski definition) is 4. The molecule has 4 rings (SSSR count). The van der Waals surface area contributed by atoms with Gasteiger partial charge in [-0.3, -0.25) is 9.59 Å². The summed E-state index contributed by atoms with van der Waals surface area (Å²) in [6.07, 6.45) is 7.59. The lowest BCUT2D eigenvalue weighted by molar-refractivity contribution is -0.164. The average molecular weight is 467 g/mol. The van der Waals surface area contributed by atoms with Crippen LogP contribution >= 0.6 is 0 Å². The summed E-state index contributed by atoms with van der Waals surface area (Å²) in [5.41, 5.74) is -0.0132. The van der Waals surface area contributed by atoms with Crippen LogP contribution in [-0.4, -0.2) is 73.2 Å². The summed E-state index contributed by atoms with van der Waals surface area (Å²) < 4.78 is 0. The fraction of sp³-hybridized carbons (Fsp3) is 0.615. The lowest BCUT2D eigenvalue weighted by atomic mass is 9.78. The summed E-state index contributed by atoms with van der Waals surface area (Å²) in [6, 6.07) is 0. The van der Waals surface area contributed by atoms with E-state index in [2.05, 4.69) is 21.8 Å². The molecular formula is C26H36N5O3+. The standard InChI is InChI=1S/C26H35N5O3/c1-17(2)20(14-19(27)9-8-18-6-7-18)22-28-15-21(29-22)23(32)31-13-12-30(16-25(31,3)4)24(33)26(34)10-5-11-26/h14-15,17-18,27,34H,5-7,10-13,16H2,1-4H3,(H,28,29)/p+1/b20-14-,27-19?. The third-order valence-electron chi connectivity index (χ3n) is 7.02. The Bertz CT molecular complexity index is 1080. The number of imidazole rings is 1. The molecule has 2 heterocycles. The highest BCUT2D eigenvalue weighted by Crippen LogP contribution is 2.35. The molecule has 8 heteroatoms. The second-order valence-corrected chi connectivity index (χ2v) is 10.8. The number of carbonyl (C=O) groups is 2. The normalized spacial score (nSPS) is 21.5. The molecule has 4 N–H and O–H groups in total. The first-order chi connectivity index (χ1) is 16.0. The van der Waals surface area contributed by atoms with Crippen LogP contribution in [0.3, 0.4) is 0 Å². The van der Waals surface area contributed by atoms with Gasteiger partial charge in [-0.05, 0) is 51.9 Å². The lowest BCUT2D eigenvalue weighted by Crippen LogP contribution is -2.65. The third kappa shape index (κ3) is 4.95. The first kappa shape index (κ1) is 24.2. The van der Waals surface area contributed by atoms with E-state index in [0.29, 0.717) is 55.6 Å². The molecule has 2 saturated carbocycles. The first-order valence-corrected chi connectivity index (χ1v) is 12.2. The zero-order chi connectivity index (χ0) is 24.7. The predicted octanol–water partition coefficient (Wildman–Crippen LogP) is 1.04. The van der Waals surface area contributed by atoms with Gasteiger partial charge in [-0.15, -0.1) is 0 Å². The van der Waals surface area contributed by atoms with Gasteiger partial charge in [0.2, 0.25) is 5.71 Å². The largest absolute Gasteiger partial charge is 0.380 e. The van der Waals surface area contributed by atoms with Crippen molar-refractivity contribution in [1.82, 2.24) is 19.8 Å². The van der Waals surface area contributed by atoms with Crippen LogP contribution in [0.25, 0.3) is 5.57 Å². The van der Waals surface area contributed by atoms with E-state index in [1.165, 1.54) is 0 Å². The number of nitrogens with zero attached hydrogens (tertiary/aromatic N) is 3. The predicted molar refractivity (Wildman–Crippen MR) is 129 cm³/mol. The summed E-state index contributed by atoms with van der Waals surface area (Å²) >= 11 is 0. The van der Waals surface area contributed by atoms with Gasteiger partial charge in [-0.2, -0.15) is 0 Å². The summed E-state index contributed by atoms with van der Waals surface area (Å²) in [7, 11) is 0. The van der Waals surface area contributed by atoms with Gasteiger partial charge < -0.3 is 19.9 Å². The molecule has 182 valence electrons. The van der Waals surface area contributed by atoms with Crippen LogP contribution in [0, 0.1) is 23.7 Å². The van der Waals surface area contributed by atoms with E-state index in [4.69, 9.17) is 5.41 Å². The van der Waals surface area contributed by atoms with Crippen molar-refractivity contribution in [2.75, 3.05) is 19.6 Å². The molecule has 8 nitrogen and oxygen atoms in total. The van der Waals surface area contributed by atoms with Crippen molar-refractivity contribution >= 4 is 23.1 Å². The molecule has 0 atom stereocenters. The van der Waals surface area contributed by atoms with Crippen LogP contribution in [-0.2, 0) is 4.79 Å². The number of rotatable bonds is 5. The molecule has 1 aromatic heterocycles. The molecule has 1 aromatic rings. The summed E-state index contributed by atoms with van der Waals surface area (Å²) in [6.45, 7) is 9.16. The number of allylic oxidation sites excluding steroid dienone is 2. The van der Waals surface area contributed by atoms with E-state index in [0.717, 1.165) is 24.8 Å². The van der Waals surface area contributed by atoms with Gasteiger partial charge >= 0.3 is 0 Å². The van der Waals surface area contributed by atoms with Crippen LogP contribution in [0.4, 0.5) is 0 Å². The van der Waals surface area contributed by atoms with Crippen molar-refractivity contribution in [3.05, 3.63) is 23.8 Å². The fourth-order valence-electron chi connectivity index (χ4n) is 4.57. The highest BCUT2D eigenvalue weighted by molar-refractivity contribution is 6.08. The van der Waals surface area contributed by atoms with E-state index in [1.807, 2.05) is 33.8 Å². The number of nitrogens with two attached hydrogens (primary N) is 1. The van der Waals surface area contributed by atoms with Crippen molar-refractivity contribution in [1.29, 1.82) is 0 Å². The molecule has 3 aliphatic rings. The molecule has 0 aromatic carbocycles. The van der Waals surface area contributed by atoms with Crippen molar-refractivity contribution in [2.24, 2.45) is 11.8 Å². The highest BCUT2D eigenvalue weighted by Gasteiger charge is 2.48. The number of aromatic nitrogens is 2. The topological polar surface area (TPSA) is 115 Å². The number of hydrogen-bond donors (Lipinski definition) is 3. The number of H-pyrrole nitrogens is 1. The minimum Gasteiger partial charge on any atom is -0.380 e. The monoisotopic (exact) mass is 466 g/mol. The van der Waals surface area contributed by atoms with Gasteiger partial charge in [-0.1, -0.05) is 19.8 Å². The highest BCUT2D eigenvalue weighted by atomic mass is 16.3. The number of aromatic amines is 1. The Hall–Kier alpha value is -2.92. The van der Waals surface area contributed by atoms with Crippen molar-refractivity contribution < 1.29 is 20.1 Å². The summed E-state index contributed by atoms with van der Waals surface area (Å²) in [5, 5.41) is 16.6. The average Bonchev–Trinajstić information content (AvgIpc) is 3.46. The molecule has 0 radical (unpaired) electrons. The zero-order valence-electron chi connectivity index (χ0n) is 20.6.